The van der Waals surface area contributed by atoms with Crippen LogP contribution in [0.5, 0.6) is 11.5 Å². The van der Waals surface area contributed by atoms with E-state index in [1.165, 1.54) is 17.4 Å². The number of fused-ring (bicyclic) bond motifs is 1. The summed E-state index contributed by atoms with van der Waals surface area (Å²) in [6.07, 6.45) is 1.99. The second-order valence-corrected chi connectivity index (χ2v) is 7.46. The zero-order valence-electron chi connectivity index (χ0n) is 19.1. The van der Waals surface area contributed by atoms with Crippen molar-refractivity contribution in [3.63, 3.8) is 0 Å². The molecule has 0 fully saturated rings. The van der Waals surface area contributed by atoms with Crippen LogP contribution >= 0.6 is 0 Å². The molecule has 0 aliphatic heterocycles. The Hall–Kier alpha value is -2.52. The van der Waals surface area contributed by atoms with Crippen molar-refractivity contribution in [2.45, 2.75) is 53.8 Å². The smallest absolute Gasteiger partial charge is 0.197 e. The summed E-state index contributed by atoms with van der Waals surface area (Å²) in [6, 6.07) is 22.6. The second-order valence-electron chi connectivity index (χ2n) is 7.46. The average Bonchev–Trinajstić information content (AvgIpc) is 2.77. The van der Waals surface area contributed by atoms with Crippen LogP contribution in [0.1, 0.15) is 46.6 Å². The van der Waals surface area contributed by atoms with E-state index in [0.29, 0.717) is 13.2 Å². The molecule has 0 amide bonds. The highest BCUT2D eigenvalue weighted by atomic mass is 16.7. The summed E-state index contributed by atoms with van der Waals surface area (Å²) in [7, 11) is 0. The molecule has 1 atom stereocenters. The highest BCUT2D eigenvalue weighted by Crippen LogP contribution is 2.25. The van der Waals surface area contributed by atoms with Crippen LogP contribution in [0.3, 0.4) is 0 Å². The first-order valence-electron chi connectivity index (χ1n) is 11.1. The van der Waals surface area contributed by atoms with Gasteiger partial charge in [0, 0.05) is 5.39 Å². The zero-order valence-corrected chi connectivity index (χ0v) is 19.1. The lowest BCUT2D eigenvalue weighted by molar-refractivity contribution is -0.0738. The van der Waals surface area contributed by atoms with Crippen molar-refractivity contribution >= 4 is 10.8 Å². The minimum Gasteiger partial charge on any atom is -0.491 e. The predicted molar refractivity (Wildman–Crippen MR) is 126 cm³/mol. The Kier molecular flexibility index (Phi) is 10.2. The van der Waals surface area contributed by atoms with Gasteiger partial charge in [-0.25, -0.2) is 0 Å². The average molecular weight is 409 g/mol. The van der Waals surface area contributed by atoms with Crippen LogP contribution in [0.25, 0.3) is 10.8 Å². The predicted octanol–water partition coefficient (Wildman–Crippen LogP) is 7.28. The molecule has 0 N–H and O–H groups in total. The molecule has 1 unspecified atom stereocenters. The van der Waals surface area contributed by atoms with Crippen molar-refractivity contribution in [2.75, 3.05) is 13.2 Å². The molecular weight excluding hydrogens is 372 g/mol. The number of rotatable bonds is 10. The molecule has 0 aliphatic rings. The van der Waals surface area contributed by atoms with Gasteiger partial charge in [-0.15, -0.1) is 0 Å². The molecule has 3 aromatic carbocycles. The molecule has 3 rings (SSSR count). The van der Waals surface area contributed by atoms with Crippen LogP contribution in [0.2, 0.25) is 0 Å². The van der Waals surface area contributed by atoms with Crippen molar-refractivity contribution in [2.24, 2.45) is 5.92 Å². The van der Waals surface area contributed by atoms with Crippen LogP contribution < -0.4 is 9.47 Å². The van der Waals surface area contributed by atoms with E-state index in [9.17, 15) is 0 Å². The lowest BCUT2D eigenvalue weighted by Crippen LogP contribution is -2.19. The summed E-state index contributed by atoms with van der Waals surface area (Å²) >= 11 is 0. The Balaban J connectivity index is 0.00000155. The maximum Gasteiger partial charge on any atom is 0.197 e. The molecule has 0 spiro atoms. The highest BCUT2D eigenvalue weighted by molar-refractivity contribution is 5.88. The summed E-state index contributed by atoms with van der Waals surface area (Å²) in [5, 5.41) is 2.29. The summed E-state index contributed by atoms with van der Waals surface area (Å²) in [4.78, 5) is 0. The van der Waals surface area contributed by atoms with Crippen LogP contribution in [0, 0.1) is 5.92 Å². The van der Waals surface area contributed by atoms with Gasteiger partial charge >= 0.3 is 0 Å². The fourth-order valence-corrected chi connectivity index (χ4v) is 3.10. The number of benzene rings is 3. The maximum absolute atomic E-state index is 5.90. The largest absolute Gasteiger partial charge is 0.491 e. The Bertz CT molecular complexity index is 850. The number of hydrogen-bond acceptors (Lipinski definition) is 3. The van der Waals surface area contributed by atoms with Gasteiger partial charge in [0.25, 0.3) is 0 Å². The minimum atomic E-state index is -0.322. The summed E-state index contributed by atoms with van der Waals surface area (Å²) < 4.78 is 17.5. The third kappa shape index (κ3) is 7.72. The third-order valence-corrected chi connectivity index (χ3v) is 4.68. The Morgan fingerprint density at radius 2 is 1.47 bits per heavy atom. The molecule has 0 saturated heterocycles. The van der Waals surface area contributed by atoms with E-state index in [-0.39, 0.29) is 6.29 Å². The van der Waals surface area contributed by atoms with Crippen molar-refractivity contribution in [1.82, 2.24) is 0 Å². The number of ether oxygens (including phenoxy) is 3. The molecule has 3 nitrogen and oxygen atoms in total. The SMILES string of the molecule is CC.CC(C)CCc1ccc(OC(C)OCCOc2cccc3ccccc23)cc1. The number of aryl methyl sites for hydroxylation is 1. The van der Waals surface area contributed by atoms with Gasteiger partial charge in [0.05, 0.1) is 6.61 Å². The lowest BCUT2D eigenvalue weighted by Gasteiger charge is -2.16. The Labute approximate surface area is 182 Å². The second kappa shape index (κ2) is 12.9. The molecular formula is C27H36O3. The molecule has 30 heavy (non-hydrogen) atoms. The molecule has 0 aliphatic carbocycles. The monoisotopic (exact) mass is 408 g/mol. The molecule has 0 radical (unpaired) electrons. The third-order valence-electron chi connectivity index (χ3n) is 4.68. The summed E-state index contributed by atoms with van der Waals surface area (Å²) in [5.74, 6) is 2.43. The first kappa shape index (κ1) is 23.8. The van der Waals surface area contributed by atoms with E-state index in [4.69, 9.17) is 14.2 Å². The van der Waals surface area contributed by atoms with Gasteiger partial charge in [-0.05, 0) is 54.8 Å². The van der Waals surface area contributed by atoms with Crippen molar-refractivity contribution in [3.05, 3.63) is 72.3 Å². The molecule has 3 aromatic rings. The van der Waals surface area contributed by atoms with Gasteiger partial charge in [0.2, 0.25) is 0 Å². The Morgan fingerprint density at radius 1 is 0.767 bits per heavy atom. The topological polar surface area (TPSA) is 27.7 Å². The van der Waals surface area contributed by atoms with Crippen molar-refractivity contribution < 1.29 is 14.2 Å². The highest BCUT2D eigenvalue weighted by Gasteiger charge is 2.06. The van der Waals surface area contributed by atoms with E-state index in [1.807, 2.05) is 57.2 Å². The van der Waals surface area contributed by atoms with Gasteiger partial charge in [-0.2, -0.15) is 0 Å². The van der Waals surface area contributed by atoms with Gasteiger partial charge in [0.1, 0.15) is 18.1 Å². The molecule has 3 heteroatoms. The molecule has 162 valence electrons. The van der Waals surface area contributed by atoms with Crippen LogP contribution in [0.15, 0.2) is 66.7 Å². The van der Waals surface area contributed by atoms with Crippen LogP contribution in [0.4, 0.5) is 0 Å². The summed E-state index contributed by atoms with van der Waals surface area (Å²) in [5.41, 5.74) is 1.35. The van der Waals surface area contributed by atoms with Crippen molar-refractivity contribution in [3.8, 4) is 11.5 Å². The van der Waals surface area contributed by atoms with E-state index < -0.39 is 0 Å². The fourth-order valence-electron chi connectivity index (χ4n) is 3.10. The molecule has 0 aromatic heterocycles. The first-order chi connectivity index (χ1) is 14.6. The molecule has 0 heterocycles. The molecule has 0 bridgehead atoms. The van der Waals surface area contributed by atoms with Crippen molar-refractivity contribution in [1.29, 1.82) is 0 Å². The van der Waals surface area contributed by atoms with Gasteiger partial charge in [-0.3, -0.25) is 0 Å². The molecule has 0 saturated carbocycles. The van der Waals surface area contributed by atoms with E-state index in [1.54, 1.807) is 0 Å². The van der Waals surface area contributed by atoms with Crippen LogP contribution in [-0.4, -0.2) is 19.5 Å². The maximum atomic E-state index is 5.90. The summed E-state index contributed by atoms with van der Waals surface area (Å²) in [6.45, 7) is 11.4. The zero-order chi connectivity index (χ0) is 21.8. The normalized spacial score (nSPS) is 11.7. The number of hydrogen-bond donors (Lipinski definition) is 0. The van der Waals surface area contributed by atoms with E-state index >= 15 is 0 Å². The standard InChI is InChI=1S/C25H30O3.C2H6/c1-19(2)11-12-21-13-15-23(16-14-21)28-20(3)26-17-18-27-25-10-6-8-22-7-4-5-9-24(22)25;1-2/h4-10,13-16,19-20H,11-12,17-18H2,1-3H3;1-2H3. The quantitative estimate of drug-likeness (QED) is 0.261. The van der Waals surface area contributed by atoms with Gasteiger partial charge in [-0.1, -0.05) is 76.2 Å². The fraction of sp³-hybridized carbons (Fsp3) is 0.407. The van der Waals surface area contributed by atoms with Gasteiger partial charge < -0.3 is 14.2 Å². The Morgan fingerprint density at radius 3 is 2.20 bits per heavy atom. The minimum absolute atomic E-state index is 0.322. The van der Waals surface area contributed by atoms with E-state index in [0.717, 1.165) is 29.2 Å². The first-order valence-corrected chi connectivity index (χ1v) is 11.1. The lowest BCUT2D eigenvalue weighted by atomic mass is 10.0. The van der Waals surface area contributed by atoms with Gasteiger partial charge in [0.15, 0.2) is 6.29 Å². The van der Waals surface area contributed by atoms with Crippen LogP contribution in [-0.2, 0) is 11.2 Å². The van der Waals surface area contributed by atoms with E-state index in [2.05, 4.69) is 44.2 Å².